The average molecular weight is 325 g/mol. The zero-order valence-electron chi connectivity index (χ0n) is 14.1. The van der Waals surface area contributed by atoms with E-state index in [0.29, 0.717) is 6.42 Å². The van der Waals surface area contributed by atoms with Crippen molar-refractivity contribution in [1.82, 2.24) is 4.57 Å². The van der Waals surface area contributed by atoms with Crippen LogP contribution < -0.4 is 5.56 Å². The molecule has 1 aromatic rings. The largest absolute Gasteiger partial charge is 0.507 e. The topological polar surface area (TPSA) is 94.8 Å². The molecule has 0 aliphatic heterocycles. The Morgan fingerprint density at radius 3 is 2.39 bits per heavy atom. The lowest BCUT2D eigenvalue weighted by atomic mass is 10.1. The van der Waals surface area contributed by atoms with Crippen molar-refractivity contribution in [2.75, 3.05) is 6.61 Å². The Bertz CT molecular complexity index is 641. The molecule has 1 atom stereocenters. The minimum Gasteiger partial charge on any atom is -0.507 e. The molecule has 128 valence electrons. The zero-order chi connectivity index (χ0) is 17.8. The molecule has 0 fully saturated rings. The fourth-order valence-corrected chi connectivity index (χ4v) is 1.99. The summed E-state index contributed by atoms with van der Waals surface area (Å²) in [5.74, 6) is -1.83. The highest BCUT2D eigenvalue weighted by atomic mass is 16.6. The zero-order valence-corrected chi connectivity index (χ0v) is 14.1. The highest BCUT2D eigenvalue weighted by Gasteiger charge is 2.27. The quantitative estimate of drug-likeness (QED) is 0.832. The monoisotopic (exact) mass is 325 g/mol. The van der Waals surface area contributed by atoms with Crippen molar-refractivity contribution in [3.8, 4) is 5.75 Å². The normalized spacial score (nSPS) is 12.6. The summed E-state index contributed by atoms with van der Waals surface area (Å²) in [6.07, 6.45) is 1.43. The van der Waals surface area contributed by atoms with Crippen molar-refractivity contribution in [2.24, 2.45) is 0 Å². The van der Waals surface area contributed by atoms with Crippen LogP contribution >= 0.6 is 0 Å². The summed E-state index contributed by atoms with van der Waals surface area (Å²) in [4.78, 5) is 36.2. The Labute approximate surface area is 134 Å². The lowest BCUT2D eigenvalue weighted by Crippen LogP contribution is -2.34. The second-order valence-corrected chi connectivity index (χ2v) is 6.00. The highest BCUT2D eigenvalue weighted by molar-refractivity contribution is 5.92. The van der Waals surface area contributed by atoms with E-state index >= 15 is 0 Å². The molecule has 1 heterocycles. The van der Waals surface area contributed by atoms with Gasteiger partial charge in [0.1, 0.15) is 23.0 Å². The smallest absolute Gasteiger partial charge is 0.343 e. The van der Waals surface area contributed by atoms with Gasteiger partial charge in [-0.1, -0.05) is 6.92 Å². The molecule has 0 saturated carbocycles. The van der Waals surface area contributed by atoms with Crippen molar-refractivity contribution in [3.05, 3.63) is 28.2 Å². The Balaban J connectivity index is 3.28. The molecule has 0 aliphatic rings. The molecule has 0 saturated heterocycles. The Morgan fingerprint density at radius 1 is 1.30 bits per heavy atom. The molecule has 0 aliphatic carbocycles. The maximum Gasteiger partial charge on any atom is 0.343 e. The fourth-order valence-electron chi connectivity index (χ4n) is 1.99. The van der Waals surface area contributed by atoms with E-state index in [1.165, 1.54) is 0 Å². The molecule has 0 aromatic carbocycles. The predicted molar refractivity (Wildman–Crippen MR) is 83.5 cm³/mol. The van der Waals surface area contributed by atoms with Gasteiger partial charge in [0.05, 0.1) is 6.61 Å². The van der Waals surface area contributed by atoms with E-state index in [0.717, 1.165) is 16.8 Å². The summed E-state index contributed by atoms with van der Waals surface area (Å²) in [7, 11) is 0. The first-order valence-corrected chi connectivity index (χ1v) is 7.45. The summed E-state index contributed by atoms with van der Waals surface area (Å²) in [6, 6.07) is -0.00488. The number of hydrogen-bond donors (Lipinski definition) is 1. The maximum absolute atomic E-state index is 12.3. The van der Waals surface area contributed by atoms with Gasteiger partial charge in [0, 0.05) is 12.3 Å². The van der Waals surface area contributed by atoms with Crippen LogP contribution in [0.5, 0.6) is 5.75 Å². The van der Waals surface area contributed by atoms with Gasteiger partial charge in [0.25, 0.3) is 5.56 Å². The number of ether oxygens (including phenoxy) is 2. The molecular weight excluding hydrogens is 302 g/mol. The van der Waals surface area contributed by atoms with Gasteiger partial charge in [0.2, 0.25) is 0 Å². The van der Waals surface area contributed by atoms with Gasteiger partial charge in [-0.2, -0.15) is 0 Å². The molecule has 23 heavy (non-hydrogen) atoms. The predicted octanol–water partition coefficient (Wildman–Crippen LogP) is 2.02. The lowest BCUT2D eigenvalue weighted by molar-refractivity contribution is -0.159. The number of rotatable bonds is 5. The number of carbonyl (C=O) groups excluding carboxylic acids is 2. The third-order valence-corrected chi connectivity index (χ3v) is 2.96. The van der Waals surface area contributed by atoms with Crippen LogP contribution in [0.1, 0.15) is 57.4 Å². The van der Waals surface area contributed by atoms with Gasteiger partial charge in [-0.25, -0.2) is 9.59 Å². The van der Waals surface area contributed by atoms with Gasteiger partial charge in [-0.15, -0.1) is 0 Å². The summed E-state index contributed by atoms with van der Waals surface area (Å²) < 4.78 is 11.2. The number of aromatic hydroxyl groups is 1. The van der Waals surface area contributed by atoms with Crippen molar-refractivity contribution in [1.29, 1.82) is 0 Å². The van der Waals surface area contributed by atoms with Gasteiger partial charge in [0.15, 0.2) is 0 Å². The molecule has 0 radical (unpaired) electrons. The van der Waals surface area contributed by atoms with Crippen LogP contribution in [0.3, 0.4) is 0 Å². The van der Waals surface area contributed by atoms with E-state index < -0.39 is 34.9 Å². The number of esters is 2. The van der Waals surface area contributed by atoms with E-state index in [-0.39, 0.29) is 12.2 Å². The van der Waals surface area contributed by atoms with Crippen molar-refractivity contribution >= 4 is 11.9 Å². The number of pyridine rings is 1. The Hall–Kier alpha value is -2.31. The van der Waals surface area contributed by atoms with Crippen LogP contribution in [0, 0.1) is 0 Å². The summed E-state index contributed by atoms with van der Waals surface area (Å²) >= 11 is 0. The molecule has 1 N–H and O–H groups in total. The standard InChI is InChI=1S/C16H23NO6/c1-6-11(15(21)23-16(3,4)5)17-9-10(14(20)22-7-2)12(18)8-13(17)19/h8-9,11,18H,6-7H2,1-5H3. The van der Waals surface area contributed by atoms with Crippen LogP contribution in [-0.2, 0) is 14.3 Å². The SMILES string of the molecule is CCOC(=O)c1cn(C(CC)C(=O)OC(C)(C)C)c(=O)cc1O. The van der Waals surface area contributed by atoms with Crippen molar-refractivity contribution < 1.29 is 24.2 Å². The summed E-state index contributed by atoms with van der Waals surface area (Å²) in [5.41, 5.74) is -1.48. The van der Waals surface area contributed by atoms with Gasteiger partial charge in [-0.3, -0.25) is 4.79 Å². The summed E-state index contributed by atoms with van der Waals surface area (Å²) in [6.45, 7) is 8.64. The minimum atomic E-state index is -0.893. The second-order valence-electron chi connectivity index (χ2n) is 6.00. The van der Waals surface area contributed by atoms with Crippen LogP contribution in [0.25, 0.3) is 0 Å². The molecule has 1 rings (SSSR count). The Kier molecular flexibility index (Phi) is 5.95. The molecular formula is C16H23NO6. The lowest BCUT2D eigenvalue weighted by Gasteiger charge is -2.24. The first-order chi connectivity index (χ1) is 10.6. The number of carbonyl (C=O) groups is 2. The van der Waals surface area contributed by atoms with Gasteiger partial charge >= 0.3 is 11.9 Å². The van der Waals surface area contributed by atoms with Crippen molar-refractivity contribution in [2.45, 2.75) is 52.7 Å². The minimum absolute atomic E-state index is 0.126. The molecule has 0 bridgehead atoms. The first kappa shape index (κ1) is 18.7. The van der Waals surface area contributed by atoms with Gasteiger partial charge < -0.3 is 19.1 Å². The van der Waals surface area contributed by atoms with E-state index in [1.807, 2.05) is 0 Å². The summed E-state index contributed by atoms with van der Waals surface area (Å²) in [5, 5.41) is 9.76. The van der Waals surface area contributed by atoms with Crippen molar-refractivity contribution in [3.63, 3.8) is 0 Å². The fraction of sp³-hybridized carbons (Fsp3) is 0.562. The first-order valence-electron chi connectivity index (χ1n) is 7.45. The number of hydrogen-bond acceptors (Lipinski definition) is 6. The molecule has 0 spiro atoms. The van der Waals surface area contributed by atoms with Crippen LogP contribution in [0.2, 0.25) is 0 Å². The molecule has 1 aromatic heterocycles. The maximum atomic E-state index is 12.3. The third-order valence-electron chi connectivity index (χ3n) is 2.96. The average Bonchev–Trinajstić information content (AvgIpc) is 2.40. The third kappa shape index (κ3) is 4.84. The van der Waals surface area contributed by atoms with E-state index in [1.54, 1.807) is 34.6 Å². The molecule has 7 heteroatoms. The highest BCUT2D eigenvalue weighted by Crippen LogP contribution is 2.21. The van der Waals surface area contributed by atoms with Crippen LogP contribution in [0.4, 0.5) is 0 Å². The molecule has 1 unspecified atom stereocenters. The van der Waals surface area contributed by atoms with Crippen LogP contribution in [-0.4, -0.2) is 33.8 Å². The molecule has 7 nitrogen and oxygen atoms in total. The van der Waals surface area contributed by atoms with E-state index in [2.05, 4.69) is 0 Å². The second kappa shape index (κ2) is 7.30. The number of nitrogens with zero attached hydrogens (tertiary/aromatic N) is 1. The van der Waals surface area contributed by atoms with Gasteiger partial charge in [-0.05, 0) is 34.1 Å². The van der Waals surface area contributed by atoms with Crippen LogP contribution in [0.15, 0.2) is 17.1 Å². The van der Waals surface area contributed by atoms with E-state index in [9.17, 15) is 19.5 Å². The van der Waals surface area contributed by atoms with E-state index in [4.69, 9.17) is 9.47 Å². The number of aromatic nitrogens is 1. The molecule has 0 amide bonds. The Morgan fingerprint density at radius 2 is 1.91 bits per heavy atom.